The van der Waals surface area contributed by atoms with E-state index in [0.29, 0.717) is 0 Å². The molecule has 0 rings (SSSR count). The van der Waals surface area contributed by atoms with Gasteiger partial charge in [0, 0.05) is 32.2 Å². The maximum Gasteiger partial charge on any atom is 0.0303 e. The summed E-state index contributed by atoms with van der Waals surface area (Å²) in [5.41, 5.74) is 0.950. The van der Waals surface area contributed by atoms with Gasteiger partial charge in [0.05, 0.1) is 0 Å². The molecule has 0 aromatic carbocycles. The molecule has 0 bridgehead atoms. The number of hydrogen-bond acceptors (Lipinski definition) is 2. The molecule has 0 aliphatic heterocycles. The zero-order valence-corrected chi connectivity index (χ0v) is 6.83. The van der Waals surface area contributed by atoms with Crippen LogP contribution in [-0.4, -0.2) is 25.2 Å². The van der Waals surface area contributed by atoms with E-state index in [9.17, 15) is 0 Å². The summed E-state index contributed by atoms with van der Waals surface area (Å²) < 4.78 is 0. The summed E-state index contributed by atoms with van der Waals surface area (Å²) in [6, 6.07) is 0. The molecule has 0 aromatic heterocycles. The van der Waals surface area contributed by atoms with E-state index in [1.807, 2.05) is 32.0 Å². The number of nitrogens with zero attached hydrogens (tertiary/aromatic N) is 2. The molecule has 0 aliphatic carbocycles. The van der Waals surface area contributed by atoms with Crippen LogP contribution in [-0.2, 0) is 0 Å². The maximum atomic E-state index is 3.90. The second kappa shape index (κ2) is 4.79. The Morgan fingerprint density at radius 3 is 2.50 bits per heavy atom. The molecule has 0 heterocycles. The normalized spacial score (nSPS) is 11.1. The Hall–Kier alpha value is -1.05. The van der Waals surface area contributed by atoms with Crippen molar-refractivity contribution in [3.05, 3.63) is 24.6 Å². The summed E-state index contributed by atoms with van der Waals surface area (Å²) in [5, 5.41) is 0. The molecule has 0 saturated carbocycles. The van der Waals surface area contributed by atoms with Crippen LogP contribution in [0.4, 0.5) is 0 Å². The van der Waals surface area contributed by atoms with Crippen molar-refractivity contribution in [3.8, 4) is 0 Å². The molecule has 0 spiro atoms. The summed E-state index contributed by atoms with van der Waals surface area (Å²) in [7, 11) is 3.89. The summed E-state index contributed by atoms with van der Waals surface area (Å²) in [6.45, 7) is 5.67. The molecule has 56 valence electrons. The molecule has 0 atom stereocenters. The first-order valence-electron chi connectivity index (χ1n) is 3.19. The lowest BCUT2D eigenvalue weighted by atomic mass is 10.4. The van der Waals surface area contributed by atoms with Crippen molar-refractivity contribution in [2.24, 2.45) is 4.99 Å². The molecule has 0 amide bonds. The van der Waals surface area contributed by atoms with Crippen molar-refractivity contribution in [1.29, 1.82) is 0 Å². The SMILES string of the molecule is C=C(C=CN=CC)N(C)C. The molecular weight excluding hydrogens is 124 g/mol. The molecule has 0 unspecified atom stereocenters. The average Bonchev–Trinajstić information content (AvgIpc) is 1.88. The predicted octanol–water partition coefficient (Wildman–Crippen LogP) is 1.67. The van der Waals surface area contributed by atoms with E-state index in [2.05, 4.69) is 11.6 Å². The largest absolute Gasteiger partial charge is 0.378 e. The number of hydrogen-bond donors (Lipinski definition) is 0. The second-order valence-corrected chi connectivity index (χ2v) is 2.11. The first kappa shape index (κ1) is 8.95. The molecule has 0 aliphatic rings. The number of rotatable bonds is 3. The van der Waals surface area contributed by atoms with Gasteiger partial charge >= 0.3 is 0 Å². The average molecular weight is 138 g/mol. The Balaban J connectivity index is 3.78. The molecule has 0 fully saturated rings. The van der Waals surface area contributed by atoms with Crippen molar-refractivity contribution in [2.75, 3.05) is 14.1 Å². The van der Waals surface area contributed by atoms with Gasteiger partial charge in [-0.05, 0) is 13.0 Å². The summed E-state index contributed by atoms with van der Waals surface area (Å²) in [4.78, 5) is 5.83. The van der Waals surface area contributed by atoms with E-state index in [4.69, 9.17) is 0 Å². The van der Waals surface area contributed by atoms with Crippen LogP contribution in [0.2, 0.25) is 0 Å². The zero-order chi connectivity index (χ0) is 7.98. The van der Waals surface area contributed by atoms with Crippen LogP contribution in [0.1, 0.15) is 6.92 Å². The van der Waals surface area contributed by atoms with E-state index in [1.54, 1.807) is 12.4 Å². The van der Waals surface area contributed by atoms with Gasteiger partial charge in [-0.2, -0.15) is 0 Å². The smallest absolute Gasteiger partial charge is 0.0303 e. The van der Waals surface area contributed by atoms with E-state index < -0.39 is 0 Å². The van der Waals surface area contributed by atoms with Crippen LogP contribution in [0.3, 0.4) is 0 Å². The van der Waals surface area contributed by atoms with Crippen molar-refractivity contribution >= 4 is 6.21 Å². The monoisotopic (exact) mass is 138 g/mol. The Labute approximate surface area is 62.6 Å². The highest BCUT2D eigenvalue weighted by Crippen LogP contribution is 1.94. The fourth-order valence-corrected chi connectivity index (χ4v) is 0.364. The number of aliphatic imine (C=N–C) groups is 1. The minimum absolute atomic E-state index is 0.950. The van der Waals surface area contributed by atoms with Gasteiger partial charge in [-0.15, -0.1) is 0 Å². The quantitative estimate of drug-likeness (QED) is 0.428. The zero-order valence-electron chi connectivity index (χ0n) is 6.83. The summed E-state index contributed by atoms with van der Waals surface area (Å²) in [6.07, 6.45) is 5.32. The van der Waals surface area contributed by atoms with E-state index in [0.717, 1.165) is 5.70 Å². The third kappa shape index (κ3) is 3.89. The standard InChI is InChI=1S/C8H14N2/c1-5-9-7-6-8(2)10(3)4/h5-7H,2H2,1,3-4H3. The van der Waals surface area contributed by atoms with Crippen molar-refractivity contribution in [3.63, 3.8) is 0 Å². The molecule has 10 heavy (non-hydrogen) atoms. The number of likely N-dealkylation sites (N-methyl/N-ethyl adjacent to an activating group) is 1. The van der Waals surface area contributed by atoms with E-state index in [-0.39, 0.29) is 0 Å². The van der Waals surface area contributed by atoms with Crippen LogP contribution in [0, 0.1) is 0 Å². The molecule has 0 aromatic rings. The van der Waals surface area contributed by atoms with Crippen molar-refractivity contribution < 1.29 is 0 Å². The lowest BCUT2D eigenvalue weighted by molar-refractivity contribution is 0.532. The Morgan fingerprint density at radius 2 is 2.10 bits per heavy atom. The maximum absolute atomic E-state index is 3.90. The first-order chi connectivity index (χ1) is 4.68. The Morgan fingerprint density at radius 1 is 1.50 bits per heavy atom. The van der Waals surface area contributed by atoms with Gasteiger partial charge in [-0.3, -0.25) is 4.99 Å². The summed E-state index contributed by atoms with van der Waals surface area (Å²) >= 11 is 0. The molecule has 2 heteroatoms. The van der Waals surface area contributed by atoms with Gasteiger partial charge in [0.15, 0.2) is 0 Å². The van der Waals surface area contributed by atoms with Gasteiger partial charge in [0.1, 0.15) is 0 Å². The highest BCUT2D eigenvalue weighted by atomic mass is 15.1. The van der Waals surface area contributed by atoms with Crippen LogP contribution in [0.25, 0.3) is 0 Å². The van der Waals surface area contributed by atoms with Gasteiger partial charge in [0.2, 0.25) is 0 Å². The predicted molar refractivity (Wildman–Crippen MR) is 46.1 cm³/mol. The third-order valence-electron chi connectivity index (χ3n) is 1.08. The highest BCUT2D eigenvalue weighted by Gasteiger charge is 1.85. The van der Waals surface area contributed by atoms with E-state index in [1.165, 1.54) is 0 Å². The van der Waals surface area contributed by atoms with Gasteiger partial charge in [-0.1, -0.05) is 6.58 Å². The highest BCUT2D eigenvalue weighted by molar-refractivity contribution is 5.54. The van der Waals surface area contributed by atoms with E-state index >= 15 is 0 Å². The van der Waals surface area contributed by atoms with Gasteiger partial charge in [-0.25, -0.2) is 0 Å². The lowest BCUT2D eigenvalue weighted by Gasteiger charge is -2.10. The molecular formula is C8H14N2. The molecule has 0 radical (unpaired) electrons. The second-order valence-electron chi connectivity index (χ2n) is 2.11. The Kier molecular flexibility index (Phi) is 4.29. The van der Waals surface area contributed by atoms with Crippen LogP contribution in [0.15, 0.2) is 29.5 Å². The topological polar surface area (TPSA) is 15.6 Å². The minimum atomic E-state index is 0.950. The molecule has 2 nitrogen and oxygen atoms in total. The first-order valence-corrected chi connectivity index (χ1v) is 3.19. The van der Waals surface area contributed by atoms with Crippen LogP contribution in [0.5, 0.6) is 0 Å². The fraction of sp³-hybridized carbons (Fsp3) is 0.375. The van der Waals surface area contributed by atoms with Crippen LogP contribution < -0.4 is 0 Å². The fourth-order valence-electron chi connectivity index (χ4n) is 0.364. The van der Waals surface area contributed by atoms with Crippen molar-refractivity contribution in [1.82, 2.24) is 4.90 Å². The minimum Gasteiger partial charge on any atom is -0.378 e. The van der Waals surface area contributed by atoms with Gasteiger partial charge < -0.3 is 4.90 Å². The summed E-state index contributed by atoms with van der Waals surface area (Å²) in [5.74, 6) is 0. The lowest BCUT2D eigenvalue weighted by Crippen LogP contribution is -2.07. The van der Waals surface area contributed by atoms with Gasteiger partial charge in [0.25, 0.3) is 0 Å². The van der Waals surface area contributed by atoms with Crippen molar-refractivity contribution in [2.45, 2.75) is 6.92 Å². The molecule has 0 saturated heterocycles. The third-order valence-corrected chi connectivity index (χ3v) is 1.08. The number of allylic oxidation sites excluding steroid dienone is 1. The Bertz CT molecular complexity index is 155. The molecule has 0 N–H and O–H groups in total. The van der Waals surface area contributed by atoms with Crippen LogP contribution >= 0.6 is 0 Å².